The van der Waals surface area contributed by atoms with Gasteiger partial charge in [0.2, 0.25) is 23.1 Å². The van der Waals surface area contributed by atoms with E-state index in [2.05, 4.69) is 6.92 Å². The molecule has 2 saturated heterocycles. The molecule has 1 aromatic carbocycles. The highest BCUT2D eigenvalue weighted by atomic mass is 16.8. The lowest BCUT2D eigenvalue weighted by Crippen LogP contribution is -2.78. The van der Waals surface area contributed by atoms with E-state index in [4.69, 9.17) is 14.2 Å². The van der Waals surface area contributed by atoms with Gasteiger partial charge in [0.05, 0.1) is 0 Å². The molecule has 2 heterocycles. The Bertz CT molecular complexity index is 1280. The average Bonchev–Trinajstić information content (AvgIpc) is 3.22. The molecule has 46 heavy (non-hydrogen) atoms. The van der Waals surface area contributed by atoms with Crippen LogP contribution in [0.1, 0.15) is 78.7 Å². The number of rotatable bonds is 17. The molecule has 0 aliphatic carbocycles. The molecule has 10 atom stereocenters. The Balaban J connectivity index is 1.93. The van der Waals surface area contributed by atoms with Gasteiger partial charge < -0.3 is 39.7 Å². The Morgan fingerprint density at radius 3 is 2.09 bits per heavy atom. The average molecular weight is 651 g/mol. The highest BCUT2D eigenvalue weighted by Crippen LogP contribution is 2.56. The number of aliphatic hydroxyl groups excluding tert-OH is 1. The van der Waals surface area contributed by atoms with E-state index in [-0.39, 0.29) is 24.5 Å². The second kappa shape index (κ2) is 14.6. The molecule has 3 rings (SSSR count). The van der Waals surface area contributed by atoms with Gasteiger partial charge >= 0.3 is 23.9 Å². The number of aliphatic hydroxyl groups is 2. The van der Waals surface area contributed by atoms with Crippen molar-refractivity contribution >= 4 is 29.7 Å². The van der Waals surface area contributed by atoms with Gasteiger partial charge in [0, 0.05) is 24.7 Å². The van der Waals surface area contributed by atoms with E-state index in [1.807, 2.05) is 44.2 Å². The van der Waals surface area contributed by atoms with Crippen molar-refractivity contribution in [2.75, 3.05) is 0 Å². The number of aliphatic carboxylic acids is 3. The van der Waals surface area contributed by atoms with E-state index in [0.717, 1.165) is 18.4 Å². The van der Waals surface area contributed by atoms with Gasteiger partial charge in [-0.15, -0.1) is 0 Å². The molecule has 2 bridgehead atoms. The second-order valence-corrected chi connectivity index (χ2v) is 13.0. The number of fused-ring (bicyclic) bond motifs is 2. The van der Waals surface area contributed by atoms with Crippen LogP contribution in [0.5, 0.6) is 0 Å². The van der Waals surface area contributed by atoms with Crippen molar-refractivity contribution in [3.63, 3.8) is 0 Å². The minimum atomic E-state index is -3.84. The maximum atomic E-state index is 13.2. The first-order chi connectivity index (χ1) is 21.5. The number of carboxylic acid groups (broad SMARTS) is 3. The molecule has 0 saturated carbocycles. The van der Waals surface area contributed by atoms with Crippen LogP contribution >= 0.6 is 0 Å². The van der Waals surface area contributed by atoms with Crippen molar-refractivity contribution in [3.8, 4) is 0 Å². The second-order valence-electron chi connectivity index (χ2n) is 13.0. The van der Waals surface area contributed by atoms with E-state index in [1.165, 1.54) is 0 Å². The molecular formula is C33H46O13. The number of carboxylic acids is 3. The van der Waals surface area contributed by atoms with Crippen molar-refractivity contribution in [2.24, 2.45) is 23.7 Å². The molecule has 13 heteroatoms. The zero-order valence-electron chi connectivity index (χ0n) is 26.9. The number of ketones is 1. The summed E-state index contributed by atoms with van der Waals surface area (Å²) in [6.45, 7) is 9.34. The highest BCUT2D eigenvalue weighted by molar-refractivity contribution is 5.98. The largest absolute Gasteiger partial charge is 0.479 e. The Morgan fingerprint density at radius 1 is 0.913 bits per heavy atom. The van der Waals surface area contributed by atoms with Crippen molar-refractivity contribution in [2.45, 2.75) is 115 Å². The maximum absolute atomic E-state index is 13.2. The molecule has 1 aromatic rings. The maximum Gasteiger partial charge on any atom is 0.344 e. The van der Waals surface area contributed by atoms with E-state index < -0.39 is 77.4 Å². The van der Waals surface area contributed by atoms with Gasteiger partial charge in [0.15, 0.2) is 6.10 Å². The Morgan fingerprint density at radius 2 is 1.54 bits per heavy atom. The Hall–Kier alpha value is -3.39. The van der Waals surface area contributed by atoms with E-state index in [0.29, 0.717) is 18.8 Å². The van der Waals surface area contributed by atoms with Crippen molar-refractivity contribution < 1.29 is 63.7 Å². The van der Waals surface area contributed by atoms with Gasteiger partial charge in [-0.05, 0) is 43.1 Å². The van der Waals surface area contributed by atoms with Crippen LogP contribution in [0.25, 0.3) is 0 Å². The molecule has 13 nitrogen and oxygen atoms in total. The SMILES string of the molecule is CC[C@H](C)C[C@H](C)CCC(=O)O[C@@H]1[C@@H](O)[C@@]2(CCC(C)C(=O)[C@@H](C)Cc3ccccc3)O[C@H](C(=O)O)[C@@](O)(C(=O)O)[C@]1(C(=O)O)O2. The van der Waals surface area contributed by atoms with Crippen LogP contribution in [0, 0.1) is 23.7 Å². The molecule has 0 radical (unpaired) electrons. The first-order valence-corrected chi connectivity index (χ1v) is 15.7. The smallest absolute Gasteiger partial charge is 0.344 e. The molecular weight excluding hydrogens is 604 g/mol. The van der Waals surface area contributed by atoms with Crippen molar-refractivity contribution in [1.82, 2.24) is 0 Å². The zero-order chi connectivity index (χ0) is 34.6. The first-order valence-electron chi connectivity index (χ1n) is 15.7. The van der Waals surface area contributed by atoms with Gasteiger partial charge in [-0.2, -0.15) is 0 Å². The molecule has 0 spiro atoms. The number of carbonyl (C=O) groups is 5. The number of benzene rings is 1. The minimum Gasteiger partial charge on any atom is -0.479 e. The lowest BCUT2D eigenvalue weighted by atomic mass is 9.74. The lowest BCUT2D eigenvalue weighted by molar-refractivity contribution is -0.374. The zero-order valence-corrected chi connectivity index (χ0v) is 26.9. The molecule has 5 N–H and O–H groups in total. The highest BCUT2D eigenvalue weighted by Gasteiger charge is 2.85. The number of esters is 1. The summed E-state index contributed by atoms with van der Waals surface area (Å²) in [5, 5.41) is 53.2. The van der Waals surface area contributed by atoms with Crippen LogP contribution in [-0.4, -0.2) is 90.5 Å². The van der Waals surface area contributed by atoms with Crippen LogP contribution in [0.2, 0.25) is 0 Å². The third kappa shape index (κ3) is 6.97. The third-order valence-electron chi connectivity index (χ3n) is 9.49. The number of Topliss-reactive ketones (excluding diaryl/α,β-unsaturated/α-hetero) is 1. The van der Waals surface area contributed by atoms with Crippen LogP contribution in [0.4, 0.5) is 0 Å². The predicted molar refractivity (Wildman–Crippen MR) is 160 cm³/mol. The molecule has 1 unspecified atom stereocenters. The van der Waals surface area contributed by atoms with Crippen molar-refractivity contribution in [3.05, 3.63) is 35.9 Å². The summed E-state index contributed by atoms with van der Waals surface area (Å²) in [5.41, 5.74) is -6.39. The van der Waals surface area contributed by atoms with Crippen LogP contribution in [0.15, 0.2) is 30.3 Å². The Kier molecular flexibility index (Phi) is 11.7. The van der Waals surface area contributed by atoms with Gasteiger partial charge in [-0.25, -0.2) is 14.4 Å². The quantitative estimate of drug-likeness (QED) is 0.154. The summed E-state index contributed by atoms with van der Waals surface area (Å²) in [7, 11) is 0. The molecule has 2 aliphatic heterocycles. The minimum absolute atomic E-state index is 0.0743. The number of hydrogen-bond donors (Lipinski definition) is 5. The van der Waals surface area contributed by atoms with E-state index in [9.17, 15) is 49.5 Å². The molecule has 0 aromatic heterocycles. The third-order valence-corrected chi connectivity index (χ3v) is 9.49. The molecule has 0 amide bonds. The molecule has 2 fully saturated rings. The van der Waals surface area contributed by atoms with Crippen LogP contribution in [0.3, 0.4) is 0 Å². The fraction of sp³-hybridized carbons (Fsp3) is 0.667. The molecule has 2 aliphatic rings. The fourth-order valence-corrected chi connectivity index (χ4v) is 6.60. The summed E-state index contributed by atoms with van der Waals surface area (Å²) in [4.78, 5) is 63.9. The standard InChI is InChI=1S/C33H46O13/c1-6-18(2)16-19(3)12-13-23(34)44-26-25(36)31(15-14-20(4)24(35)21(5)17-22-10-8-7-9-11-22)45-27(28(37)38)32(43,29(39)40)33(26,46-31)30(41)42/h7-11,18-21,25-27,36,43H,6,12-17H2,1-5H3,(H,37,38)(H,39,40)(H,41,42)/t18-,19+,20?,21-,25+,26+,27+,31-,32+,33-/m0/s1. The summed E-state index contributed by atoms with van der Waals surface area (Å²) >= 11 is 0. The van der Waals surface area contributed by atoms with Crippen LogP contribution in [-0.2, 0) is 44.6 Å². The normalized spacial score (nSPS) is 31.3. The summed E-state index contributed by atoms with van der Waals surface area (Å²) < 4.78 is 16.5. The monoisotopic (exact) mass is 650 g/mol. The van der Waals surface area contributed by atoms with Gasteiger partial charge in [0.1, 0.15) is 11.9 Å². The number of carbonyl (C=O) groups excluding carboxylic acids is 2. The van der Waals surface area contributed by atoms with Gasteiger partial charge in [0.25, 0.3) is 0 Å². The summed E-state index contributed by atoms with van der Waals surface area (Å²) in [5.74, 6) is -11.0. The topological polar surface area (TPSA) is 214 Å². The number of hydrogen-bond acceptors (Lipinski definition) is 10. The Labute approximate surface area is 267 Å². The van der Waals surface area contributed by atoms with Gasteiger partial charge in [-0.1, -0.05) is 71.4 Å². The fourth-order valence-electron chi connectivity index (χ4n) is 6.60. The number of ether oxygens (including phenoxy) is 3. The predicted octanol–water partition coefficient (Wildman–Crippen LogP) is 2.82. The van der Waals surface area contributed by atoms with Crippen LogP contribution < -0.4 is 0 Å². The summed E-state index contributed by atoms with van der Waals surface area (Å²) in [6.07, 6.45) is -5.73. The van der Waals surface area contributed by atoms with E-state index >= 15 is 0 Å². The van der Waals surface area contributed by atoms with Crippen molar-refractivity contribution in [1.29, 1.82) is 0 Å². The summed E-state index contributed by atoms with van der Waals surface area (Å²) in [6, 6.07) is 9.29. The van der Waals surface area contributed by atoms with E-state index in [1.54, 1.807) is 13.8 Å². The lowest BCUT2D eigenvalue weighted by Gasteiger charge is -2.48. The van der Waals surface area contributed by atoms with Gasteiger partial charge in [-0.3, -0.25) is 9.59 Å². The molecule has 256 valence electrons. The first kappa shape index (κ1) is 37.1.